The van der Waals surface area contributed by atoms with Gasteiger partial charge in [0.15, 0.2) is 11.5 Å². The first-order chi connectivity index (χ1) is 16.9. The van der Waals surface area contributed by atoms with E-state index in [2.05, 4.69) is 15.8 Å². The smallest absolute Gasteiger partial charge is 0.255 e. The van der Waals surface area contributed by atoms with Crippen LogP contribution in [0.1, 0.15) is 36.2 Å². The van der Waals surface area contributed by atoms with Gasteiger partial charge in [-0.3, -0.25) is 20.1 Å². The van der Waals surface area contributed by atoms with Gasteiger partial charge >= 0.3 is 0 Å². The van der Waals surface area contributed by atoms with Gasteiger partial charge in [0.25, 0.3) is 5.91 Å². The zero-order valence-corrected chi connectivity index (χ0v) is 20.8. The Morgan fingerprint density at radius 2 is 1.83 bits per heavy atom. The van der Waals surface area contributed by atoms with E-state index < -0.39 is 11.5 Å². The number of rotatable bonds is 9. The average molecular weight is 514 g/mol. The molecule has 0 spiro atoms. The molecule has 1 atom stereocenters. The first-order valence-corrected chi connectivity index (χ1v) is 11.9. The average Bonchev–Trinajstić information content (AvgIpc) is 3.27. The molecule has 182 valence electrons. The monoisotopic (exact) mass is 513 g/mol. The zero-order valence-electron chi connectivity index (χ0n) is 19.3. The van der Waals surface area contributed by atoms with Crippen LogP contribution in [-0.2, 0) is 4.84 Å². The summed E-state index contributed by atoms with van der Waals surface area (Å²) in [6.45, 7) is 4.62. The van der Waals surface area contributed by atoms with Crippen LogP contribution in [-0.4, -0.2) is 29.7 Å². The summed E-state index contributed by atoms with van der Waals surface area (Å²) in [5.74, 6) is 0.553. The summed E-state index contributed by atoms with van der Waals surface area (Å²) in [5, 5.41) is 3.21. The summed E-state index contributed by atoms with van der Waals surface area (Å²) in [6.07, 6.45) is 5.62. The fraction of sp³-hybridized carbons (Fsp3) is 0.231. The van der Waals surface area contributed by atoms with Gasteiger partial charge < -0.3 is 14.8 Å². The molecular formula is C26H25Cl2N3O4. The van der Waals surface area contributed by atoms with Gasteiger partial charge in [0.2, 0.25) is 0 Å². The van der Waals surface area contributed by atoms with E-state index in [1.54, 1.807) is 18.2 Å². The van der Waals surface area contributed by atoms with Crippen molar-refractivity contribution >= 4 is 40.5 Å². The molecule has 1 aromatic heterocycles. The Kier molecular flexibility index (Phi) is 7.80. The lowest BCUT2D eigenvalue weighted by atomic mass is 10.0. The van der Waals surface area contributed by atoms with Crippen molar-refractivity contribution in [2.24, 2.45) is 0 Å². The molecule has 0 saturated carbocycles. The minimum atomic E-state index is -0.733. The summed E-state index contributed by atoms with van der Waals surface area (Å²) in [5.41, 5.74) is 4.75. The van der Waals surface area contributed by atoms with Crippen LogP contribution in [0.4, 0.5) is 5.69 Å². The molecule has 1 unspecified atom stereocenters. The second kappa shape index (κ2) is 11.0. The van der Waals surface area contributed by atoms with Gasteiger partial charge in [-0.15, -0.1) is 0 Å². The van der Waals surface area contributed by atoms with Crippen molar-refractivity contribution in [3.63, 3.8) is 0 Å². The number of nitrogens with one attached hydrogen (secondary N) is 2. The Morgan fingerprint density at radius 3 is 2.54 bits per heavy atom. The molecule has 2 heterocycles. The lowest BCUT2D eigenvalue weighted by molar-refractivity contribution is -0.0476. The van der Waals surface area contributed by atoms with Crippen LogP contribution < -0.4 is 20.3 Å². The molecule has 4 rings (SSSR count). The predicted molar refractivity (Wildman–Crippen MR) is 137 cm³/mol. The number of pyridine rings is 1. The standard InChI is InChI=1S/C26H25Cl2N3O4/c1-3-11-33-22-10-9-18(25(32)30-24-19(27)14-29-15-20(24)28)12-23(22)34-16-26(2)13-21(31-35-26)17-7-5-4-6-8-17/h4-10,12-15,31H,3,11,16H2,1-2H3,(H,29,30,32). The molecule has 1 amide bonds. The second-order valence-corrected chi connectivity index (χ2v) is 8.99. The lowest BCUT2D eigenvalue weighted by Gasteiger charge is -2.22. The fourth-order valence-corrected chi connectivity index (χ4v) is 3.86. The van der Waals surface area contributed by atoms with E-state index in [0.29, 0.717) is 29.4 Å². The minimum Gasteiger partial charge on any atom is -0.490 e. The molecule has 1 aliphatic heterocycles. The number of nitrogens with zero attached hydrogens (tertiary/aromatic N) is 1. The molecule has 0 bridgehead atoms. The van der Waals surface area contributed by atoms with Crippen molar-refractivity contribution in [3.8, 4) is 11.5 Å². The van der Waals surface area contributed by atoms with Crippen molar-refractivity contribution in [2.75, 3.05) is 18.5 Å². The molecule has 3 aromatic rings. The molecule has 0 fully saturated rings. The molecule has 0 radical (unpaired) electrons. The maximum absolute atomic E-state index is 12.9. The third-order valence-electron chi connectivity index (χ3n) is 5.20. The molecule has 7 nitrogen and oxygen atoms in total. The van der Waals surface area contributed by atoms with Crippen LogP contribution in [0.3, 0.4) is 0 Å². The summed E-state index contributed by atoms with van der Waals surface area (Å²) < 4.78 is 12.0. The highest BCUT2D eigenvalue weighted by Gasteiger charge is 2.32. The van der Waals surface area contributed by atoms with Crippen LogP contribution in [0.5, 0.6) is 11.5 Å². The van der Waals surface area contributed by atoms with E-state index in [9.17, 15) is 4.79 Å². The Hall–Kier alpha value is -3.26. The Balaban J connectivity index is 1.53. The van der Waals surface area contributed by atoms with Crippen molar-refractivity contribution in [1.82, 2.24) is 10.5 Å². The van der Waals surface area contributed by atoms with Gasteiger partial charge in [-0.25, -0.2) is 0 Å². The number of amides is 1. The van der Waals surface area contributed by atoms with Gasteiger partial charge in [-0.05, 0) is 43.2 Å². The van der Waals surface area contributed by atoms with E-state index in [4.69, 9.17) is 37.5 Å². The van der Waals surface area contributed by atoms with Crippen LogP contribution in [0.2, 0.25) is 10.0 Å². The van der Waals surface area contributed by atoms with Gasteiger partial charge in [0.1, 0.15) is 12.2 Å². The van der Waals surface area contributed by atoms with E-state index in [-0.39, 0.29) is 16.7 Å². The minimum absolute atomic E-state index is 0.186. The van der Waals surface area contributed by atoms with Crippen LogP contribution in [0.15, 0.2) is 67.0 Å². The number of anilines is 1. The first-order valence-electron chi connectivity index (χ1n) is 11.1. The number of aromatic nitrogens is 1. The molecule has 2 N–H and O–H groups in total. The molecule has 0 aliphatic carbocycles. The number of hydrogen-bond donors (Lipinski definition) is 2. The molecule has 35 heavy (non-hydrogen) atoms. The van der Waals surface area contributed by atoms with E-state index >= 15 is 0 Å². The largest absolute Gasteiger partial charge is 0.490 e. The summed E-state index contributed by atoms with van der Waals surface area (Å²) in [7, 11) is 0. The van der Waals surface area contributed by atoms with Crippen molar-refractivity contribution in [3.05, 3.63) is 88.2 Å². The normalized spacial score (nSPS) is 16.9. The third kappa shape index (κ3) is 6.06. The highest BCUT2D eigenvalue weighted by molar-refractivity contribution is 6.39. The van der Waals surface area contributed by atoms with Crippen LogP contribution >= 0.6 is 23.2 Å². The van der Waals surface area contributed by atoms with Crippen molar-refractivity contribution in [2.45, 2.75) is 25.9 Å². The number of hydrogen-bond acceptors (Lipinski definition) is 6. The predicted octanol–water partition coefficient (Wildman–Crippen LogP) is 6.14. The molecule has 0 saturated heterocycles. The number of carbonyl (C=O) groups is 1. The summed E-state index contributed by atoms with van der Waals surface area (Å²) in [6, 6.07) is 14.9. The Morgan fingerprint density at radius 1 is 1.09 bits per heavy atom. The van der Waals surface area contributed by atoms with Crippen molar-refractivity contribution < 1.29 is 19.1 Å². The SMILES string of the molecule is CCCOc1ccc(C(=O)Nc2c(Cl)cncc2Cl)cc1OCC1(C)C=C(c2ccccc2)NO1. The number of carbonyl (C=O) groups excluding carboxylic acids is 1. The number of benzene rings is 2. The van der Waals surface area contributed by atoms with E-state index in [1.165, 1.54) is 12.4 Å². The number of hydroxylamine groups is 1. The summed E-state index contributed by atoms with van der Waals surface area (Å²) in [4.78, 5) is 22.6. The van der Waals surface area contributed by atoms with Crippen molar-refractivity contribution in [1.29, 1.82) is 0 Å². The third-order valence-corrected chi connectivity index (χ3v) is 5.78. The van der Waals surface area contributed by atoms with Gasteiger partial charge in [0.05, 0.1) is 28.0 Å². The number of halogens is 2. The maximum atomic E-state index is 12.9. The van der Waals surface area contributed by atoms with Gasteiger partial charge in [-0.1, -0.05) is 60.5 Å². The van der Waals surface area contributed by atoms with Crippen LogP contribution in [0, 0.1) is 0 Å². The van der Waals surface area contributed by atoms with E-state index in [0.717, 1.165) is 17.7 Å². The Bertz CT molecular complexity index is 1220. The lowest BCUT2D eigenvalue weighted by Crippen LogP contribution is -2.33. The highest BCUT2D eigenvalue weighted by Crippen LogP contribution is 2.33. The van der Waals surface area contributed by atoms with Crippen LogP contribution in [0.25, 0.3) is 5.70 Å². The fourth-order valence-electron chi connectivity index (χ4n) is 3.40. The maximum Gasteiger partial charge on any atom is 0.255 e. The molecule has 9 heteroatoms. The van der Waals surface area contributed by atoms with Gasteiger partial charge in [0, 0.05) is 18.0 Å². The quantitative estimate of drug-likeness (QED) is 0.357. The second-order valence-electron chi connectivity index (χ2n) is 8.17. The zero-order chi connectivity index (χ0) is 24.8. The van der Waals surface area contributed by atoms with E-state index in [1.807, 2.05) is 50.3 Å². The van der Waals surface area contributed by atoms with Gasteiger partial charge in [-0.2, -0.15) is 0 Å². The Labute approximate surface area is 214 Å². The topological polar surface area (TPSA) is 81.7 Å². The first kappa shape index (κ1) is 24.9. The molecule has 2 aromatic carbocycles. The number of ether oxygens (including phenoxy) is 2. The molecular weight excluding hydrogens is 489 g/mol. The summed E-state index contributed by atoms with van der Waals surface area (Å²) >= 11 is 12.3. The highest BCUT2D eigenvalue weighted by atomic mass is 35.5. The molecule has 1 aliphatic rings.